The highest BCUT2D eigenvalue weighted by atomic mass is 16.1. The molecule has 4 rings (SSSR count). The van der Waals surface area contributed by atoms with E-state index in [0.717, 1.165) is 33.2 Å². The lowest BCUT2D eigenvalue weighted by molar-refractivity contribution is -0.111. The molecule has 3 aromatic carbocycles. The Bertz CT molecular complexity index is 1190. The van der Waals surface area contributed by atoms with Gasteiger partial charge in [-0.2, -0.15) is 0 Å². The second-order valence-electron chi connectivity index (χ2n) is 6.31. The van der Waals surface area contributed by atoms with Gasteiger partial charge in [0, 0.05) is 28.4 Å². The van der Waals surface area contributed by atoms with Crippen molar-refractivity contribution in [2.24, 2.45) is 0 Å². The molecule has 5 nitrogen and oxygen atoms in total. The van der Waals surface area contributed by atoms with Crippen molar-refractivity contribution in [3.8, 4) is 22.3 Å². The first-order chi connectivity index (χ1) is 13.7. The van der Waals surface area contributed by atoms with Gasteiger partial charge in [-0.1, -0.05) is 49.0 Å². The molecule has 3 N–H and O–H groups in total. The van der Waals surface area contributed by atoms with Crippen LogP contribution in [0.3, 0.4) is 0 Å². The van der Waals surface area contributed by atoms with Gasteiger partial charge in [-0.3, -0.25) is 4.79 Å². The van der Waals surface area contributed by atoms with Crippen LogP contribution in [0, 0.1) is 0 Å². The number of hydrogen-bond donors (Lipinski definition) is 2. The second kappa shape index (κ2) is 7.32. The lowest BCUT2D eigenvalue weighted by Gasteiger charge is -2.14. The average Bonchev–Trinajstić information content (AvgIpc) is 2.75. The molecule has 0 aliphatic rings. The van der Waals surface area contributed by atoms with Crippen LogP contribution in [0.5, 0.6) is 0 Å². The highest BCUT2D eigenvalue weighted by molar-refractivity contribution is 6.06. The number of nitrogens with one attached hydrogen (secondary N) is 1. The first kappa shape index (κ1) is 17.4. The number of nitrogens with zero attached hydrogens (tertiary/aromatic N) is 2. The standard InChI is InChI=1S/C23H18N4O/c1-2-21(28)27-17-10-6-9-16(11-17)19-12-18(15-7-4-3-5-8-15)22(24)20-13-25-14-26-23(19)20/h2-14H,1,24H2,(H,27,28). The zero-order valence-corrected chi connectivity index (χ0v) is 15.1. The molecule has 0 saturated heterocycles. The van der Waals surface area contributed by atoms with E-state index in [4.69, 9.17) is 5.73 Å². The van der Waals surface area contributed by atoms with Crippen molar-refractivity contribution in [1.82, 2.24) is 9.97 Å². The number of nitrogen functional groups attached to an aromatic ring is 1. The van der Waals surface area contributed by atoms with Crippen LogP contribution in [0.2, 0.25) is 0 Å². The molecule has 1 aromatic heterocycles. The summed E-state index contributed by atoms with van der Waals surface area (Å²) >= 11 is 0. The molecular formula is C23H18N4O. The van der Waals surface area contributed by atoms with Gasteiger partial charge in [-0.25, -0.2) is 9.97 Å². The van der Waals surface area contributed by atoms with E-state index in [0.29, 0.717) is 11.4 Å². The van der Waals surface area contributed by atoms with Gasteiger partial charge in [0.15, 0.2) is 0 Å². The molecule has 1 amide bonds. The maximum Gasteiger partial charge on any atom is 0.247 e. The molecule has 0 aliphatic heterocycles. The van der Waals surface area contributed by atoms with Gasteiger partial charge in [0.2, 0.25) is 5.91 Å². The molecule has 0 bridgehead atoms. The highest BCUT2D eigenvalue weighted by Crippen LogP contribution is 2.38. The lowest BCUT2D eigenvalue weighted by Crippen LogP contribution is -2.07. The van der Waals surface area contributed by atoms with E-state index in [1.165, 1.54) is 12.4 Å². The average molecular weight is 366 g/mol. The molecule has 0 fully saturated rings. The Labute approximate surface area is 162 Å². The van der Waals surface area contributed by atoms with Crippen molar-refractivity contribution in [3.63, 3.8) is 0 Å². The van der Waals surface area contributed by atoms with E-state index >= 15 is 0 Å². The highest BCUT2D eigenvalue weighted by Gasteiger charge is 2.14. The quantitative estimate of drug-likeness (QED) is 0.406. The number of anilines is 2. The van der Waals surface area contributed by atoms with E-state index in [1.807, 2.05) is 60.7 Å². The summed E-state index contributed by atoms with van der Waals surface area (Å²) in [5.74, 6) is -0.258. The lowest BCUT2D eigenvalue weighted by atomic mass is 9.94. The fraction of sp³-hybridized carbons (Fsp3) is 0. The van der Waals surface area contributed by atoms with Gasteiger partial charge in [0.25, 0.3) is 0 Å². The largest absolute Gasteiger partial charge is 0.398 e. The number of amides is 1. The van der Waals surface area contributed by atoms with Gasteiger partial charge in [0.1, 0.15) is 6.33 Å². The summed E-state index contributed by atoms with van der Waals surface area (Å²) < 4.78 is 0. The first-order valence-corrected chi connectivity index (χ1v) is 8.79. The van der Waals surface area contributed by atoms with Gasteiger partial charge in [-0.05, 0) is 35.4 Å². The summed E-state index contributed by atoms with van der Waals surface area (Å²) in [5, 5.41) is 3.58. The molecule has 28 heavy (non-hydrogen) atoms. The van der Waals surface area contributed by atoms with Crippen LogP contribution in [-0.2, 0) is 4.79 Å². The number of benzene rings is 3. The van der Waals surface area contributed by atoms with E-state index in [-0.39, 0.29) is 5.91 Å². The normalized spacial score (nSPS) is 10.6. The first-order valence-electron chi connectivity index (χ1n) is 8.79. The SMILES string of the molecule is C=CC(=O)Nc1cccc(-c2cc(-c3ccccc3)c(N)c3cncnc23)c1. The van der Waals surface area contributed by atoms with Crippen molar-refractivity contribution in [2.75, 3.05) is 11.1 Å². The smallest absolute Gasteiger partial charge is 0.247 e. The number of hydrogen-bond acceptors (Lipinski definition) is 4. The third kappa shape index (κ3) is 3.21. The summed E-state index contributed by atoms with van der Waals surface area (Å²) in [6.45, 7) is 3.49. The maximum atomic E-state index is 11.7. The Kier molecular flexibility index (Phi) is 4.56. The number of aromatic nitrogens is 2. The molecule has 4 aromatic rings. The molecule has 0 spiro atoms. The Balaban J connectivity index is 1.94. The Morgan fingerprint density at radius 2 is 1.79 bits per heavy atom. The van der Waals surface area contributed by atoms with Crippen LogP contribution < -0.4 is 11.1 Å². The monoisotopic (exact) mass is 366 g/mol. The minimum absolute atomic E-state index is 0.258. The van der Waals surface area contributed by atoms with Crippen LogP contribution in [0.4, 0.5) is 11.4 Å². The van der Waals surface area contributed by atoms with Crippen LogP contribution >= 0.6 is 0 Å². The van der Waals surface area contributed by atoms with E-state index in [9.17, 15) is 4.79 Å². The maximum absolute atomic E-state index is 11.7. The summed E-state index contributed by atoms with van der Waals surface area (Å²) in [7, 11) is 0. The van der Waals surface area contributed by atoms with E-state index < -0.39 is 0 Å². The van der Waals surface area contributed by atoms with Gasteiger partial charge in [-0.15, -0.1) is 0 Å². The summed E-state index contributed by atoms with van der Waals surface area (Å²) in [6.07, 6.45) is 4.49. The van der Waals surface area contributed by atoms with Crippen molar-refractivity contribution >= 4 is 28.2 Å². The number of fused-ring (bicyclic) bond motifs is 1. The third-order valence-corrected chi connectivity index (χ3v) is 4.55. The second-order valence-corrected chi connectivity index (χ2v) is 6.31. The van der Waals surface area contributed by atoms with Crippen LogP contribution in [-0.4, -0.2) is 15.9 Å². The summed E-state index contributed by atoms with van der Waals surface area (Å²) in [6, 6.07) is 19.6. The van der Waals surface area contributed by atoms with Crippen molar-refractivity contribution in [2.45, 2.75) is 0 Å². The minimum Gasteiger partial charge on any atom is -0.398 e. The van der Waals surface area contributed by atoms with Crippen molar-refractivity contribution in [3.05, 3.63) is 85.8 Å². The van der Waals surface area contributed by atoms with Gasteiger partial charge >= 0.3 is 0 Å². The minimum atomic E-state index is -0.258. The van der Waals surface area contributed by atoms with Crippen LogP contribution in [0.25, 0.3) is 33.2 Å². The molecule has 0 unspecified atom stereocenters. The van der Waals surface area contributed by atoms with Crippen LogP contribution in [0.15, 0.2) is 85.8 Å². The van der Waals surface area contributed by atoms with E-state index in [2.05, 4.69) is 21.9 Å². The number of carbonyl (C=O) groups excluding carboxylic acids is 1. The Morgan fingerprint density at radius 1 is 1.00 bits per heavy atom. The Hall–Kier alpha value is -3.99. The van der Waals surface area contributed by atoms with Gasteiger partial charge in [0.05, 0.1) is 11.2 Å². The van der Waals surface area contributed by atoms with Crippen molar-refractivity contribution in [1.29, 1.82) is 0 Å². The predicted molar refractivity (Wildman–Crippen MR) is 114 cm³/mol. The molecule has 5 heteroatoms. The molecular weight excluding hydrogens is 348 g/mol. The predicted octanol–water partition coefficient (Wildman–Crippen LogP) is 4.67. The fourth-order valence-corrected chi connectivity index (χ4v) is 3.21. The molecule has 136 valence electrons. The molecule has 0 atom stereocenters. The zero-order chi connectivity index (χ0) is 19.5. The van der Waals surface area contributed by atoms with Crippen LogP contribution in [0.1, 0.15) is 0 Å². The zero-order valence-electron chi connectivity index (χ0n) is 15.1. The summed E-state index contributed by atoms with van der Waals surface area (Å²) in [4.78, 5) is 20.3. The number of rotatable bonds is 4. The van der Waals surface area contributed by atoms with Crippen molar-refractivity contribution < 1.29 is 4.79 Å². The Morgan fingerprint density at radius 3 is 2.57 bits per heavy atom. The third-order valence-electron chi connectivity index (χ3n) is 4.55. The molecule has 0 saturated carbocycles. The molecule has 0 radical (unpaired) electrons. The summed E-state index contributed by atoms with van der Waals surface area (Å²) in [5.41, 5.74) is 12.3. The van der Waals surface area contributed by atoms with Gasteiger partial charge < -0.3 is 11.1 Å². The molecule has 0 aliphatic carbocycles. The number of carbonyl (C=O) groups is 1. The fourth-order valence-electron chi connectivity index (χ4n) is 3.21. The van der Waals surface area contributed by atoms with E-state index in [1.54, 1.807) is 6.20 Å². The topological polar surface area (TPSA) is 80.9 Å². The molecule has 1 heterocycles. The number of nitrogens with two attached hydrogens (primary N) is 1.